The molecule has 1 aliphatic heterocycles. The summed E-state index contributed by atoms with van der Waals surface area (Å²) in [6.07, 6.45) is 10.6. The van der Waals surface area contributed by atoms with Crippen molar-refractivity contribution >= 4 is 11.8 Å². The maximum absolute atomic E-state index is 13.1. The van der Waals surface area contributed by atoms with Crippen LogP contribution in [0, 0.1) is 23.7 Å². The first-order chi connectivity index (χ1) is 12.3. The fraction of sp³-hybridized carbons (Fsp3) is 0.455. The van der Waals surface area contributed by atoms with Gasteiger partial charge in [0, 0.05) is 11.8 Å². The number of hydrogen-bond acceptors (Lipinski definition) is 2. The maximum atomic E-state index is 13.1. The number of imide groups is 1. The Bertz CT molecular complexity index is 750. The number of nitrogens with zero attached hydrogens (tertiary/aromatic N) is 1. The molecule has 1 heterocycles. The van der Waals surface area contributed by atoms with E-state index in [1.807, 2.05) is 30.3 Å². The van der Waals surface area contributed by atoms with Gasteiger partial charge < -0.3 is 0 Å². The van der Waals surface area contributed by atoms with E-state index in [4.69, 9.17) is 0 Å². The minimum absolute atomic E-state index is 0.0459. The highest BCUT2D eigenvalue weighted by Crippen LogP contribution is 2.57. The Balaban J connectivity index is 1.45. The zero-order valence-corrected chi connectivity index (χ0v) is 14.4. The normalized spacial score (nSPS) is 33.5. The SMILES string of the molecule is O=C1[C@@H]2[C@H](C(=O)N1Cc1ccccc1)[C@H]1C=C[C@H]2C1=C1CCCCC1. The predicted molar refractivity (Wildman–Crippen MR) is 95.2 cm³/mol. The number of carbonyl (C=O) groups is 2. The Kier molecular flexibility index (Phi) is 3.44. The van der Waals surface area contributed by atoms with Crippen LogP contribution in [0.2, 0.25) is 0 Å². The number of amides is 2. The molecule has 2 saturated carbocycles. The van der Waals surface area contributed by atoms with Crippen LogP contribution >= 0.6 is 0 Å². The maximum Gasteiger partial charge on any atom is 0.234 e. The fourth-order valence-electron chi connectivity index (χ4n) is 5.49. The summed E-state index contributed by atoms with van der Waals surface area (Å²) in [6.45, 7) is 0.414. The molecule has 2 amide bonds. The monoisotopic (exact) mass is 333 g/mol. The molecule has 1 aromatic carbocycles. The molecule has 0 unspecified atom stereocenters. The molecule has 3 heteroatoms. The summed E-state index contributed by atoms with van der Waals surface area (Å²) in [5.41, 5.74) is 4.02. The Morgan fingerprint density at radius 1 is 0.840 bits per heavy atom. The van der Waals surface area contributed by atoms with E-state index >= 15 is 0 Å². The largest absolute Gasteiger partial charge is 0.278 e. The molecule has 3 nitrogen and oxygen atoms in total. The Labute approximate surface area is 148 Å². The van der Waals surface area contributed by atoms with Crippen molar-refractivity contribution < 1.29 is 9.59 Å². The van der Waals surface area contributed by atoms with Gasteiger partial charge >= 0.3 is 0 Å². The fourth-order valence-corrected chi connectivity index (χ4v) is 5.49. The Morgan fingerprint density at radius 3 is 2.04 bits per heavy atom. The average Bonchev–Trinajstić information content (AvgIpc) is 3.29. The third-order valence-electron chi connectivity index (χ3n) is 6.56. The number of benzene rings is 1. The molecule has 3 aliphatic carbocycles. The van der Waals surface area contributed by atoms with Crippen LogP contribution in [0.4, 0.5) is 0 Å². The number of likely N-dealkylation sites (tertiary alicyclic amines) is 1. The van der Waals surface area contributed by atoms with Crippen molar-refractivity contribution in [3.8, 4) is 0 Å². The third kappa shape index (κ3) is 2.18. The second-order valence-electron chi connectivity index (χ2n) is 7.86. The Hall–Kier alpha value is -2.16. The topological polar surface area (TPSA) is 37.4 Å². The molecule has 0 radical (unpaired) electrons. The molecule has 0 aromatic heterocycles. The zero-order valence-electron chi connectivity index (χ0n) is 14.4. The van der Waals surface area contributed by atoms with Gasteiger partial charge in [0.1, 0.15) is 0 Å². The van der Waals surface area contributed by atoms with Crippen LogP contribution in [-0.4, -0.2) is 16.7 Å². The number of allylic oxidation sites excluding steroid dienone is 4. The van der Waals surface area contributed by atoms with Gasteiger partial charge in [0.2, 0.25) is 11.8 Å². The minimum atomic E-state index is -0.143. The summed E-state index contributed by atoms with van der Waals surface area (Å²) in [7, 11) is 0. The first-order valence-electron chi connectivity index (χ1n) is 9.55. The van der Waals surface area contributed by atoms with Crippen molar-refractivity contribution in [1.82, 2.24) is 4.90 Å². The Morgan fingerprint density at radius 2 is 1.44 bits per heavy atom. The zero-order chi connectivity index (χ0) is 17.0. The molecule has 128 valence electrons. The van der Waals surface area contributed by atoms with Gasteiger partial charge in [-0.15, -0.1) is 0 Å². The highest BCUT2D eigenvalue weighted by Gasteiger charge is 2.61. The van der Waals surface area contributed by atoms with Crippen molar-refractivity contribution in [2.24, 2.45) is 23.7 Å². The molecule has 5 rings (SSSR count). The van der Waals surface area contributed by atoms with Gasteiger partial charge in [-0.1, -0.05) is 60.1 Å². The quantitative estimate of drug-likeness (QED) is 0.609. The number of rotatable bonds is 2. The van der Waals surface area contributed by atoms with E-state index in [1.165, 1.54) is 42.6 Å². The van der Waals surface area contributed by atoms with Gasteiger partial charge in [0.05, 0.1) is 18.4 Å². The number of hydrogen-bond donors (Lipinski definition) is 0. The lowest BCUT2D eigenvalue weighted by atomic mass is 9.85. The molecule has 1 saturated heterocycles. The smallest absolute Gasteiger partial charge is 0.234 e. The van der Waals surface area contributed by atoms with Crippen LogP contribution in [0.5, 0.6) is 0 Å². The first kappa shape index (κ1) is 15.1. The standard InChI is InChI=1S/C22H23NO2/c24-21-19-16-11-12-17(18(16)15-9-5-2-6-10-15)20(19)22(25)23(21)13-14-7-3-1-4-8-14/h1,3-4,7-8,11-12,16-17,19-20H,2,5-6,9-10,13H2/t16-,17-,19-,20+/m0/s1. The second-order valence-corrected chi connectivity index (χ2v) is 7.86. The summed E-state index contributed by atoms with van der Waals surface area (Å²) >= 11 is 0. The molecule has 0 spiro atoms. The summed E-state index contributed by atoms with van der Waals surface area (Å²) in [4.78, 5) is 27.7. The van der Waals surface area contributed by atoms with Gasteiger partial charge in [-0.2, -0.15) is 0 Å². The van der Waals surface area contributed by atoms with Gasteiger partial charge in [-0.25, -0.2) is 0 Å². The van der Waals surface area contributed by atoms with E-state index in [0.29, 0.717) is 6.54 Å². The van der Waals surface area contributed by atoms with Crippen molar-refractivity contribution in [2.45, 2.75) is 38.6 Å². The van der Waals surface area contributed by atoms with E-state index in [0.717, 1.165) is 5.56 Å². The molecule has 1 aromatic rings. The van der Waals surface area contributed by atoms with Crippen LogP contribution in [0.25, 0.3) is 0 Å². The summed E-state index contributed by atoms with van der Waals surface area (Å²) < 4.78 is 0. The molecule has 25 heavy (non-hydrogen) atoms. The third-order valence-corrected chi connectivity index (χ3v) is 6.56. The molecule has 4 atom stereocenters. The summed E-state index contributed by atoms with van der Waals surface area (Å²) in [6, 6.07) is 9.84. The van der Waals surface area contributed by atoms with Gasteiger partial charge in [-0.3, -0.25) is 14.5 Å². The highest BCUT2D eigenvalue weighted by atomic mass is 16.2. The van der Waals surface area contributed by atoms with Crippen molar-refractivity contribution in [2.75, 3.05) is 0 Å². The molecule has 4 aliphatic rings. The van der Waals surface area contributed by atoms with Gasteiger partial charge in [0.15, 0.2) is 0 Å². The van der Waals surface area contributed by atoms with E-state index in [2.05, 4.69) is 12.2 Å². The molecular weight excluding hydrogens is 310 g/mol. The number of carbonyl (C=O) groups excluding carboxylic acids is 2. The van der Waals surface area contributed by atoms with Crippen molar-refractivity contribution in [3.05, 3.63) is 59.2 Å². The lowest BCUT2D eigenvalue weighted by Crippen LogP contribution is -2.32. The lowest BCUT2D eigenvalue weighted by Gasteiger charge is -2.23. The summed E-state index contributed by atoms with van der Waals surface area (Å²) in [5, 5.41) is 0. The van der Waals surface area contributed by atoms with E-state index in [9.17, 15) is 9.59 Å². The minimum Gasteiger partial charge on any atom is -0.278 e. The predicted octanol–water partition coefficient (Wildman–Crippen LogP) is 3.86. The highest BCUT2D eigenvalue weighted by molar-refractivity contribution is 6.07. The lowest BCUT2D eigenvalue weighted by molar-refractivity contribution is -0.141. The second kappa shape index (κ2) is 5.69. The van der Waals surface area contributed by atoms with Crippen LogP contribution < -0.4 is 0 Å². The molecule has 2 bridgehead atoms. The van der Waals surface area contributed by atoms with E-state index in [1.54, 1.807) is 5.57 Å². The van der Waals surface area contributed by atoms with Crippen LogP contribution in [-0.2, 0) is 16.1 Å². The molecular formula is C22H23NO2. The van der Waals surface area contributed by atoms with E-state index < -0.39 is 0 Å². The number of fused-ring (bicyclic) bond motifs is 5. The average molecular weight is 333 g/mol. The van der Waals surface area contributed by atoms with Crippen molar-refractivity contribution in [1.29, 1.82) is 0 Å². The first-order valence-corrected chi connectivity index (χ1v) is 9.55. The van der Waals surface area contributed by atoms with Gasteiger partial charge in [0.25, 0.3) is 0 Å². The molecule has 0 N–H and O–H groups in total. The van der Waals surface area contributed by atoms with Crippen LogP contribution in [0.15, 0.2) is 53.6 Å². The van der Waals surface area contributed by atoms with E-state index in [-0.39, 0.29) is 35.5 Å². The van der Waals surface area contributed by atoms with Crippen LogP contribution in [0.3, 0.4) is 0 Å². The molecule has 3 fully saturated rings. The van der Waals surface area contributed by atoms with Crippen molar-refractivity contribution in [3.63, 3.8) is 0 Å². The van der Waals surface area contributed by atoms with Crippen LogP contribution in [0.1, 0.15) is 37.7 Å². The van der Waals surface area contributed by atoms with Gasteiger partial charge in [-0.05, 0) is 31.2 Å². The summed E-state index contributed by atoms with van der Waals surface area (Å²) in [5.74, 6) is 0.168.